The number of pyridine rings is 2. The Morgan fingerprint density at radius 2 is 1.89 bits per heavy atom. The van der Waals surface area contributed by atoms with Crippen molar-refractivity contribution in [3.8, 4) is 5.75 Å². The van der Waals surface area contributed by atoms with Gasteiger partial charge in [0, 0.05) is 24.2 Å². The molecule has 2 aromatic rings. The predicted molar refractivity (Wildman–Crippen MR) is 75.3 cm³/mol. The third kappa shape index (κ3) is 2.90. The zero-order valence-electron chi connectivity index (χ0n) is 11.6. The average molecular weight is 257 g/mol. The Balaban J connectivity index is 2.49. The van der Waals surface area contributed by atoms with E-state index in [9.17, 15) is 0 Å². The first kappa shape index (κ1) is 13.5. The Morgan fingerprint density at radius 3 is 2.58 bits per heavy atom. The Kier molecular flexibility index (Phi) is 4.47. The molecule has 19 heavy (non-hydrogen) atoms. The number of aromatic nitrogens is 2. The summed E-state index contributed by atoms with van der Waals surface area (Å²) in [5.74, 6) is 0.789. The van der Waals surface area contributed by atoms with Gasteiger partial charge >= 0.3 is 0 Å². The van der Waals surface area contributed by atoms with Crippen molar-refractivity contribution in [2.75, 3.05) is 13.7 Å². The second-order valence-corrected chi connectivity index (χ2v) is 4.34. The fourth-order valence-electron chi connectivity index (χ4n) is 2.17. The lowest BCUT2D eigenvalue weighted by molar-refractivity contribution is 0.402. The largest absolute Gasteiger partial charge is 0.495 e. The highest BCUT2D eigenvalue weighted by Gasteiger charge is 2.19. The minimum atomic E-state index is 0.0663. The van der Waals surface area contributed by atoms with Crippen LogP contribution in [0.15, 0.2) is 36.9 Å². The first-order chi connectivity index (χ1) is 9.27. The van der Waals surface area contributed by atoms with Crippen LogP contribution < -0.4 is 10.1 Å². The highest BCUT2D eigenvalue weighted by molar-refractivity contribution is 5.41. The Hall–Kier alpha value is -1.94. The molecule has 2 rings (SSSR count). The third-order valence-electron chi connectivity index (χ3n) is 3.15. The van der Waals surface area contributed by atoms with Crippen LogP contribution in [0.1, 0.15) is 29.7 Å². The molecule has 100 valence electrons. The number of nitrogens with zero attached hydrogens (tertiary/aromatic N) is 2. The van der Waals surface area contributed by atoms with Crippen LogP contribution in [0.25, 0.3) is 0 Å². The van der Waals surface area contributed by atoms with Crippen molar-refractivity contribution < 1.29 is 4.74 Å². The van der Waals surface area contributed by atoms with Crippen molar-refractivity contribution in [3.05, 3.63) is 53.6 Å². The van der Waals surface area contributed by atoms with E-state index in [0.717, 1.165) is 23.4 Å². The number of aryl methyl sites for hydroxylation is 1. The Labute approximate surface area is 113 Å². The summed E-state index contributed by atoms with van der Waals surface area (Å²) in [6.07, 6.45) is 7.24. The third-order valence-corrected chi connectivity index (χ3v) is 3.15. The van der Waals surface area contributed by atoms with Gasteiger partial charge in [-0.15, -0.1) is 0 Å². The molecule has 0 radical (unpaired) electrons. The summed E-state index contributed by atoms with van der Waals surface area (Å²) in [4.78, 5) is 8.34. The SMILES string of the molecule is CCNC(c1cnccc1C)c1ccncc1OC. The van der Waals surface area contributed by atoms with Gasteiger partial charge < -0.3 is 10.1 Å². The summed E-state index contributed by atoms with van der Waals surface area (Å²) < 4.78 is 5.41. The summed E-state index contributed by atoms with van der Waals surface area (Å²) >= 11 is 0. The average Bonchev–Trinajstić information content (AvgIpc) is 2.46. The van der Waals surface area contributed by atoms with E-state index >= 15 is 0 Å². The van der Waals surface area contributed by atoms with E-state index in [4.69, 9.17) is 4.74 Å². The van der Waals surface area contributed by atoms with Gasteiger partial charge in [-0.1, -0.05) is 6.92 Å². The van der Waals surface area contributed by atoms with E-state index in [1.54, 1.807) is 19.5 Å². The van der Waals surface area contributed by atoms with Crippen LogP contribution in [-0.2, 0) is 0 Å². The molecule has 0 aromatic carbocycles. The van der Waals surface area contributed by atoms with E-state index < -0.39 is 0 Å². The number of ether oxygens (including phenoxy) is 1. The van der Waals surface area contributed by atoms with Crippen LogP contribution in [0.4, 0.5) is 0 Å². The molecule has 0 bridgehead atoms. The molecule has 0 fully saturated rings. The van der Waals surface area contributed by atoms with Crippen molar-refractivity contribution >= 4 is 0 Å². The van der Waals surface area contributed by atoms with E-state index in [1.165, 1.54) is 5.56 Å². The summed E-state index contributed by atoms with van der Waals surface area (Å²) in [7, 11) is 1.67. The van der Waals surface area contributed by atoms with Crippen molar-refractivity contribution in [2.24, 2.45) is 0 Å². The van der Waals surface area contributed by atoms with E-state index in [1.807, 2.05) is 24.5 Å². The summed E-state index contributed by atoms with van der Waals surface area (Å²) in [6.45, 7) is 5.05. The lowest BCUT2D eigenvalue weighted by Crippen LogP contribution is -2.23. The normalized spacial score (nSPS) is 12.2. The minimum Gasteiger partial charge on any atom is -0.495 e. The van der Waals surface area contributed by atoms with Crippen LogP contribution in [0, 0.1) is 6.92 Å². The smallest absolute Gasteiger partial charge is 0.142 e. The molecular formula is C15H19N3O. The van der Waals surface area contributed by atoms with E-state index in [-0.39, 0.29) is 6.04 Å². The predicted octanol–water partition coefficient (Wildman–Crippen LogP) is 2.49. The lowest BCUT2D eigenvalue weighted by atomic mass is 9.97. The maximum Gasteiger partial charge on any atom is 0.142 e. The number of rotatable bonds is 5. The topological polar surface area (TPSA) is 47.0 Å². The zero-order chi connectivity index (χ0) is 13.7. The van der Waals surface area contributed by atoms with Crippen molar-refractivity contribution in [1.29, 1.82) is 0 Å². The summed E-state index contributed by atoms with van der Waals surface area (Å²) in [5.41, 5.74) is 3.45. The molecule has 2 heterocycles. The highest BCUT2D eigenvalue weighted by Crippen LogP contribution is 2.30. The standard InChI is InChI=1S/C15H19N3O/c1-4-18-15(13-9-16-7-5-11(13)2)12-6-8-17-10-14(12)19-3/h5-10,15,18H,4H2,1-3H3. The minimum absolute atomic E-state index is 0.0663. The molecule has 1 N–H and O–H groups in total. The second-order valence-electron chi connectivity index (χ2n) is 4.34. The fraction of sp³-hybridized carbons (Fsp3) is 0.333. The lowest BCUT2D eigenvalue weighted by Gasteiger charge is -2.22. The van der Waals surface area contributed by atoms with Gasteiger partial charge in [0.1, 0.15) is 5.75 Å². The van der Waals surface area contributed by atoms with Crippen molar-refractivity contribution in [1.82, 2.24) is 15.3 Å². The van der Waals surface area contributed by atoms with Crippen LogP contribution in [0.3, 0.4) is 0 Å². The van der Waals surface area contributed by atoms with E-state index in [0.29, 0.717) is 0 Å². The second kappa shape index (κ2) is 6.29. The van der Waals surface area contributed by atoms with Gasteiger partial charge in [0.05, 0.1) is 19.3 Å². The van der Waals surface area contributed by atoms with Crippen LogP contribution in [-0.4, -0.2) is 23.6 Å². The first-order valence-electron chi connectivity index (χ1n) is 6.39. The number of nitrogens with one attached hydrogen (secondary N) is 1. The van der Waals surface area contributed by atoms with Crippen LogP contribution in [0.5, 0.6) is 5.75 Å². The molecule has 2 aromatic heterocycles. The van der Waals surface area contributed by atoms with Gasteiger partial charge in [-0.05, 0) is 36.7 Å². The molecule has 0 spiro atoms. The maximum atomic E-state index is 5.41. The summed E-state index contributed by atoms with van der Waals surface area (Å²) in [5, 5.41) is 3.48. The molecule has 0 aliphatic heterocycles. The van der Waals surface area contributed by atoms with E-state index in [2.05, 4.69) is 29.1 Å². The molecule has 0 saturated heterocycles. The monoisotopic (exact) mass is 257 g/mol. The molecule has 4 heteroatoms. The number of hydrogen-bond acceptors (Lipinski definition) is 4. The molecule has 0 aliphatic carbocycles. The Bertz CT molecular complexity index is 542. The quantitative estimate of drug-likeness (QED) is 0.894. The Morgan fingerprint density at radius 1 is 1.16 bits per heavy atom. The van der Waals surface area contributed by atoms with Gasteiger partial charge in [-0.2, -0.15) is 0 Å². The molecule has 1 atom stereocenters. The molecule has 0 amide bonds. The number of methoxy groups -OCH3 is 1. The highest BCUT2D eigenvalue weighted by atomic mass is 16.5. The maximum absolute atomic E-state index is 5.41. The number of hydrogen-bond donors (Lipinski definition) is 1. The molecule has 1 unspecified atom stereocenters. The molecule has 4 nitrogen and oxygen atoms in total. The van der Waals surface area contributed by atoms with Gasteiger partial charge in [0.2, 0.25) is 0 Å². The molecule has 0 saturated carbocycles. The zero-order valence-corrected chi connectivity index (χ0v) is 11.6. The van der Waals surface area contributed by atoms with Crippen molar-refractivity contribution in [2.45, 2.75) is 19.9 Å². The van der Waals surface area contributed by atoms with Crippen molar-refractivity contribution in [3.63, 3.8) is 0 Å². The first-order valence-corrected chi connectivity index (χ1v) is 6.39. The van der Waals surface area contributed by atoms with Gasteiger partial charge in [0.15, 0.2) is 0 Å². The molecular weight excluding hydrogens is 238 g/mol. The molecule has 0 aliphatic rings. The van der Waals surface area contributed by atoms with Crippen LogP contribution in [0.2, 0.25) is 0 Å². The fourth-order valence-corrected chi connectivity index (χ4v) is 2.17. The van der Waals surface area contributed by atoms with Crippen LogP contribution >= 0.6 is 0 Å². The van der Waals surface area contributed by atoms with Gasteiger partial charge in [0.25, 0.3) is 0 Å². The summed E-state index contributed by atoms with van der Waals surface area (Å²) in [6, 6.07) is 4.07. The van der Waals surface area contributed by atoms with Gasteiger partial charge in [-0.25, -0.2) is 0 Å². The van der Waals surface area contributed by atoms with Gasteiger partial charge in [-0.3, -0.25) is 9.97 Å².